The fraction of sp³-hybridized carbons (Fsp3) is 0.333. The lowest BCUT2D eigenvalue weighted by atomic mass is 10.0. The number of nitrogens with zero attached hydrogens (tertiary/aromatic N) is 2. The Morgan fingerprint density at radius 1 is 1.21 bits per heavy atom. The Kier molecular flexibility index (Phi) is 6.10. The van der Waals surface area contributed by atoms with E-state index in [1.165, 1.54) is 0 Å². The number of rotatable bonds is 5. The number of aliphatic hydroxyl groups excluding tert-OH is 1. The third-order valence-electron chi connectivity index (χ3n) is 4.97. The van der Waals surface area contributed by atoms with Gasteiger partial charge >= 0.3 is 0 Å². The number of fused-ring (bicyclic) bond motifs is 2. The number of ether oxygens (including phenoxy) is 1. The lowest BCUT2D eigenvalue weighted by Gasteiger charge is -2.36. The van der Waals surface area contributed by atoms with Gasteiger partial charge in [-0.05, 0) is 24.3 Å². The van der Waals surface area contributed by atoms with Gasteiger partial charge in [0.25, 0.3) is 0 Å². The smallest absolute Gasteiger partial charge is 0.248 e. The number of aliphatic hydroxyl groups is 1. The van der Waals surface area contributed by atoms with E-state index in [4.69, 9.17) is 21.3 Å². The van der Waals surface area contributed by atoms with Crippen LogP contribution in [0, 0.1) is 0 Å². The molecule has 8 heteroatoms. The molecule has 2 aliphatic heterocycles. The number of carbonyl (C=O) groups is 1. The number of nitrogens with one attached hydrogen (secondary N) is 2. The van der Waals surface area contributed by atoms with Crippen molar-refractivity contribution in [2.24, 2.45) is 4.99 Å². The zero-order valence-corrected chi connectivity index (χ0v) is 16.6. The molecular formula is C21H23ClN4O3. The van der Waals surface area contributed by atoms with E-state index < -0.39 is 5.38 Å². The summed E-state index contributed by atoms with van der Waals surface area (Å²) in [6.07, 6.45) is -0.241. The van der Waals surface area contributed by atoms with Crippen molar-refractivity contribution < 1.29 is 14.6 Å². The van der Waals surface area contributed by atoms with Gasteiger partial charge in [0, 0.05) is 31.7 Å². The molecule has 4 rings (SSSR count). The molecule has 0 bridgehead atoms. The van der Waals surface area contributed by atoms with Crippen LogP contribution in [0.1, 0.15) is 5.56 Å². The summed E-state index contributed by atoms with van der Waals surface area (Å²) in [5.41, 5.74) is 1.72. The van der Waals surface area contributed by atoms with Crippen LogP contribution >= 0.6 is 11.6 Å². The summed E-state index contributed by atoms with van der Waals surface area (Å²) in [6, 6.07) is 14.8. The molecule has 3 N–H and O–H groups in total. The van der Waals surface area contributed by atoms with Crippen LogP contribution in [0.3, 0.4) is 0 Å². The number of hydrogen-bond acceptors (Lipinski definition) is 6. The quantitative estimate of drug-likeness (QED) is 0.650. The van der Waals surface area contributed by atoms with Gasteiger partial charge in [-0.25, -0.2) is 4.99 Å². The SMILES string of the molecule is O=C(C(Cl)C1=Nc2ccccc2Oc2ccccc21)N(CCO)C1CNCCN1. The van der Waals surface area contributed by atoms with Gasteiger partial charge in [0.05, 0.1) is 18.5 Å². The van der Waals surface area contributed by atoms with Crippen molar-refractivity contribution >= 4 is 28.9 Å². The van der Waals surface area contributed by atoms with E-state index in [0.29, 0.717) is 35.0 Å². The molecule has 1 saturated heterocycles. The van der Waals surface area contributed by atoms with Crippen molar-refractivity contribution in [2.75, 3.05) is 32.8 Å². The predicted octanol–water partition coefficient (Wildman–Crippen LogP) is 1.86. The van der Waals surface area contributed by atoms with E-state index >= 15 is 0 Å². The molecule has 0 aliphatic carbocycles. The Morgan fingerprint density at radius 2 is 1.97 bits per heavy atom. The van der Waals surface area contributed by atoms with Crippen LogP contribution in [0.15, 0.2) is 53.5 Å². The maximum atomic E-state index is 13.4. The van der Waals surface area contributed by atoms with Crippen molar-refractivity contribution in [2.45, 2.75) is 11.5 Å². The second-order valence-corrected chi connectivity index (χ2v) is 7.29. The first-order valence-corrected chi connectivity index (χ1v) is 10.1. The molecule has 2 heterocycles. The normalized spacial score (nSPS) is 19.1. The van der Waals surface area contributed by atoms with Crippen molar-refractivity contribution in [1.82, 2.24) is 15.5 Å². The number of hydrogen-bond donors (Lipinski definition) is 3. The molecule has 152 valence electrons. The van der Waals surface area contributed by atoms with Gasteiger partial charge < -0.3 is 20.1 Å². The van der Waals surface area contributed by atoms with Crippen LogP contribution in [0.4, 0.5) is 5.69 Å². The molecule has 2 atom stereocenters. The molecule has 0 spiro atoms. The van der Waals surface area contributed by atoms with E-state index in [-0.39, 0.29) is 25.2 Å². The molecule has 0 saturated carbocycles. The van der Waals surface area contributed by atoms with Crippen molar-refractivity contribution in [1.29, 1.82) is 0 Å². The van der Waals surface area contributed by atoms with Crippen molar-refractivity contribution in [3.63, 3.8) is 0 Å². The van der Waals surface area contributed by atoms with E-state index in [0.717, 1.165) is 13.1 Å². The van der Waals surface area contributed by atoms with Crippen LogP contribution in [0.25, 0.3) is 0 Å². The lowest BCUT2D eigenvalue weighted by Crippen LogP contribution is -2.61. The number of alkyl halides is 1. The third kappa shape index (κ3) is 4.13. The second kappa shape index (κ2) is 8.92. The minimum atomic E-state index is -1.03. The Bertz CT molecular complexity index is 914. The highest BCUT2D eigenvalue weighted by Gasteiger charge is 2.34. The molecule has 2 aromatic carbocycles. The van der Waals surface area contributed by atoms with Gasteiger partial charge in [0.2, 0.25) is 5.91 Å². The molecule has 0 radical (unpaired) electrons. The molecule has 7 nitrogen and oxygen atoms in total. The summed E-state index contributed by atoms with van der Waals surface area (Å²) in [6.45, 7) is 2.18. The van der Waals surface area contributed by atoms with Crippen molar-refractivity contribution in [3.05, 3.63) is 54.1 Å². The first-order chi connectivity index (χ1) is 14.2. The minimum absolute atomic E-state index is 0.150. The van der Waals surface area contributed by atoms with Gasteiger partial charge in [0.1, 0.15) is 11.4 Å². The molecule has 29 heavy (non-hydrogen) atoms. The lowest BCUT2D eigenvalue weighted by molar-refractivity contribution is -0.133. The highest BCUT2D eigenvalue weighted by atomic mass is 35.5. The Balaban J connectivity index is 1.71. The van der Waals surface area contributed by atoms with E-state index in [1.807, 2.05) is 48.5 Å². The van der Waals surface area contributed by atoms with Gasteiger partial charge in [-0.2, -0.15) is 0 Å². The van der Waals surface area contributed by atoms with Crippen LogP contribution in [0.2, 0.25) is 0 Å². The standard InChI is InChI=1S/C21H23ClN4O3/c22-19(21(28)26(11-12-27)18-13-23-9-10-24-18)20-14-5-1-3-7-16(14)29-17-8-4-2-6-15(17)25-20/h1-8,18-19,23-24,27H,9-13H2. The summed E-state index contributed by atoms with van der Waals surface area (Å²) in [4.78, 5) is 19.6. The number of piperazine rings is 1. The molecule has 2 unspecified atom stereocenters. The van der Waals surface area contributed by atoms with E-state index in [9.17, 15) is 9.90 Å². The number of carbonyl (C=O) groups excluding carboxylic acids is 1. The molecule has 2 aliphatic rings. The van der Waals surface area contributed by atoms with Crippen molar-refractivity contribution in [3.8, 4) is 11.5 Å². The monoisotopic (exact) mass is 414 g/mol. The number of aliphatic imine (C=N–C) groups is 1. The number of amides is 1. The predicted molar refractivity (Wildman–Crippen MR) is 112 cm³/mol. The number of para-hydroxylation sites is 3. The first-order valence-electron chi connectivity index (χ1n) is 9.63. The first kappa shape index (κ1) is 19.8. The van der Waals surface area contributed by atoms with Crippen LogP contribution in [-0.4, -0.2) is 66.0 Å². The topological polar surface area (TPSA) is 86.2 Å². The molecule has 0 aromatic heterocycles. The Morgan fingerprint density at radius 3 is 2.72 bits per heavy atom. The van der Waals surface area contributed by atoms with Crippen LogP contribution < -0.4 is 15.4 Å². The molecular weight excluding hydrogens is 392 g/mol. The average molecular weight is 415 g/mol. The minimum Gasteiger partial charge on any atom is -0.454 e. The average Bonchev–Trinajstić information content (AvgIpc) is 2.94. The molecule has 2 aromatic rings. The highest BCUT2D eigenvalue weighted by Crippen LogP contribution is 2.38. The fourth-order valence-electron chi connectivity index (χ4n) is 3.55. The Labute approximate surface area is 174 Å². The summed E-state index contributed by atoms with van der Waals surface area (Å²) < 4.78 is 6.03. The maximum Gasteiger partial charge on any atom is 0.248 e. The summed E-state index contributed by atoms with van der Waals surface area (Å²) in [5, 5.41) is 15.0. The Hall–Kier alpha value is -2.45. The van der Waals surface area contributed by atoms with E-state index in [1.54, 1.807) is 4.90 Å². The molecule has 1 amide bonds. The summed E-state index contributed by atoms with van der Waals surface area (Å²) >= 11 is 6.72. The van der Waals surface area contributed by atoms with Gasteiger partial charge in [0.15, 0.2) is 11.1 Å². The summed E-state index contributed by atoms with van der Waals surface area (Å²) in [7, 11) is 0. The zero-order valence-electron chi connectivity index (χ0n) is 15.8. The molecule has 1 fully saturated rings. The highest BCUT2D eigenvalue weighted by molar-refractivity contribution is 6.45. The fourth-order valence-corrected chi connectivity index (χ4v) is 3.84. The maximum absolute atomic E-state index is 13.4. The number of halogens is 1. The van der Waals surface area contributed by atoms with Crippen LogP contribution in [-0.2, 0) is 4.79 Å². The van der Waals surface area contributed by atoms with Gasteiger partial charge in [-0.1, -0.05) is 24.3 Å². The van der Waals surface area contributed by atoms with Gasteiger partial charge in [-0.15, -0.1) is 11.6 Å². The van der Waals surface area contributed by atoms with Gasteiger partial charge in [-0.3, -0.25) is 10.1 Å². The number of benzene rings is 2. The zero-order chi connectivity index (χ0) is 20.2. The van der Waals surface area contributed by atoms with Crippen LogP contribution in [0.5, 0.6) is 11.5 Å². The summed E-state index contributed by atoms with van der Waals surface area (Å²) in [5.74, 6) is 0.896. The third-order valence-corrected chi connectivity index (χ3v) is 5.36. The second-order valence-electron chi connectivity index (χ2n) is 6.85. The largest absolute Gasteiger partial charge is 0.454 e. The van der Waals surface area contributed by atoms with E-state index in [2.05, 4.69) is 10.6 Å².